The van der Waals surface area contributed by atoms with E-state index >= 15 is 0 Å². The first-order valence-electron chi connectivity index (χ1n) is 18.0. The van der Waals surface area contributed by atoms with Crippen molar-refractivity contribution >= 4 is 17.3 Å². The Hall–Kier alpha value is -3.20. The molecule has 2 atom stereocenters. The van der Waals surface area contributed by atoms with Crippen molar-refractivity contribution in [2.24, 2.45) is 11.8 Å². The molecule has 258 valence electrons. The molecule has 0 aliphatic carbocycles. The normalized spacial score (nSPS) is 15.9. The van der Waals surface area contributed by atoms with Crippen molar-refractivity contribution in [3.8, 4) is 6.07 Å². The van der Waals surface area contributed by atoms with Gasteiger partial charge in [0.15, 0.2) is 0 Å². The van der Waals surface area contributed by atoms with Gasteiger partial charge in [0.25, 0.3) is 0 Å². The van der Waals surface area contributed by atoms with Crippen LogP contribution in [0.4, 0.5) is 5.82 Å². The Balaban J connectivity index is 0.000000847. The summed E-state index contributed by atoms with van der Waals surface area (Å²) in [5, 5.41) is 8.83. The lowest BCUT2D eigenvalue weighted by molar-refractivity contribution is -0.136. The second-order valence-corrected chi connectivity index (χ2v) is 12.7. The van der Waals surface area contributed by atoms with Gasteiger partial charge in [0.2, 0.25) is 5.91 Å². The van der Waals surface area contributed by atoms with Crippen molar-refractivity contribution in [3.63, 3.8) is 0 Å². The molecule has 0 aromatic carbocycles. The van der Waals surface area contributed by atoms with Gasteiger partial charge in [-0.1, -0.05) is 118 Å². The summed E-state index contributed by atoms with van der Waals surface area (Å²) in [5.41, 5.74) is 5.24. The molecule has 0 radical (unpaired) electrons. The highest BCUT2D eigenvalue weighted by Gasteiger charge is 2.31. The molecule has 1 aromatic rings. The van der Waals surface area contributed by atoms with Gasteiger partial charge in [-0.15, -0.1) is 0 Å². The first kappa shape index (κ1) is 42.8. The number of aryl methyl sites for hydroxylation is 1. The molecular formula is C40H67N5O. The fourth-order valence-corrected chi connectivity index (χ4v) is 5.35. The maximum Gasteiger partial charge on any atom is 0.225 e. The van der Waals surface area contributed by atoms with Crippen LogP contribution < -0.4 is 4.90 Å². The van der Waals surface area contributed by atoms with Crippen molar-refractivity contribution in [2.45, 2.75) is 140 Å². The van der Waals surface area contributed by atoms with Gasteiger partial charge in [0, 0.05) is 37.2 Å². The predicted molar refractivity (Wildman–Crippen MR) is 200 cm³/mol. The van der Waals surface area contributed by atoms with E-state index in [2.05, 4.69) is 95.9 Å². The number of hydrogen-bond acceptors (Lipinski definition) is 5. The molecule has 0 spiro atoms. The molecule has 0 bridgehead atoms. The van der Waals surface area contributed by atoms with Gasteiger partial charge in [-0.3, -0.25) is 4.79 Å². The first-order chi connectivity index (χ1) is 22.0. The fourth-order valence-electron chi connectivity index (χ4n) is 5.35. The third-order valence-electron chi connectivity index (χ3n) is 8.23. The lowest BCUT2D eigenvalue weighted by Crippen LogP contribution is -2.55. The highest BCUT2D eigenvalue weighted by Crippen LogP contribution is 2.34. The maximum atomic E-state index is 12.4. The molecule has 46 heavy (non-hydrogen) atoms. The molecule has 2 heterocycles. The molecule has 1 fully saturated rings. The molecule has 1 amide bonds. The number of rotatable bonds is 14. The summed E-state index contributed by atoms with van der Waals surface area (Å²) >= 11 is 0. The molecular weight excluding hydrogens is 566 g/mol. The Labute approximate surface area is 283 Å². The zero-order valence-electron chi connectivity index (χ0n) is 31.5. The third-order valence-corrected chi connectivity index (χ3v) is 8.23. The lowest BCUT2D eigenvalue weighted by atomic mass is 9.90. The fraction of sp³-hybridized carbons (Fsp3) is 0.650. The molecule has 2 rings (SSSR count). The number of carbonyl (C=O) groups is 1. The number of allylic oxidation sites excluding steroid dienone is 7. The van der Waals surface area contributed by atoms with Gasteiger partial charge < -0.3 is 9.80 Å². The second-order valence-electron chi connectivity index (χ2n) is 12.7. The first-order valence-corrected chi connectivity index (χ1v) is 18.0. The van der Waals surface area contributed by atoms with Crippen molar-refractivity contribution in [1.29, 1.82) is 5.26 Å². The van der Waals surface area contributed by atoms with Gasteiger partial charge in [-0.2, -0.15) is 5.26 Å². The van der Waals surface area contributed by atoms with Crippen LogP contribution in [-0.2, 0) is 4.79 Å². The summed E-state index contributed by atoms with van der Waals surface area (Å²) in [4.78, 5) is 25.9. The minimum Gasteiger partial charge on any atom is -0.352 e. The largest absolute Gasteiger partial charge is 0.352 e. The Morgan fingerprint density at radius 1 is 1.07 bits per heavy atom. The highest BCUT2D eigenvalue weighted by molar-refractivity contribution is 5.80. The smallest absolute Gasteiger partial charge is 0.225 e. The number of hydrogen-bond donors (Lipinski definition) is 0. The van der Waals surface area contributed by atoms with E-state index in [1.807, 2.05) is 37.0 Å². The van der Waals surface area contributed by atoms with Crippen molar-refractivity contribution < 1.29 is 4.79 Å². The third kappa shape index (κ3) is 15.4. The van der Waals surface area contributed by atoms with Gasteiger partial charge >= 0.3 is 0 Å². The minimum absolute atomic E-state index is 0.0425. The Kier molecular flexibility index (Phi) is 23.2. The molecule has 1 saturated heterocycles. The second kappa shape index (κ2) is 25.0. The van der Waals surface area contributed by atoms with Gasteiger partial charge in [-0.05, 0) is 63.7 Å². The number of aromatic nitrogens is 2. The van der Waals surface area contributed by atoms with E-state index in [0.29, 0.717) is 11.5 Å². The predicted octanol–water partition coefficient (Wildman–Crippen LogP) is 10.7. The summed E-state index contributed by atoms with van der Waals surface area (Å²) in [5.74, 6) is 1.75. The number of unbranched alkanes of at least 4 members (excludes halogenated alkanes) is 4. The lowest BCUT2D eigenvalue weighted by Gasteiger charge is -2.42. The van der Waals surface area contributed by atoms with Crippen LogP contribution in [0.1, 0.15) is 138 Å². The zero-order valence-corrected chi connectivity index (χ0v) is 31.5. The molecule has 1 aromatic heterocycles. The number of anilines is 1. The highest BCUT2D eigenvalue weighted by atomic mass is 16.2. The average molecular weight is 634 g/mol. The molecule has 2 unspecified atom stereocenters. The summed E-state index contributed by atoms with van der Waals surface area (Å²) in [6.07, 6.45) is 20.5. The summed E-state index contributed by atoms with van der Waals surface area (Å²) in [6, 6.07) is 2.34. The van der Waals surface area contributed by atoms with E-state index in [0.717, 1.165) is 68.8 Å². The monoisotopic (exact) mass is 634 g/mol. The number of nitrogens with zero attached hydrogens (tertiary/aromatic N) is 5. The van der Waals surface area contributed by atoms with Crippen LogP contribution in [0.25, 0.3) is 5.57 Å². The van der Waals surface area contributed by atoms with Crippen molar-refractivity contribution in [2.75, 3.05) is 24.5 Å². The Bertz CT molecular complexity index is 1150. The zero-order chi connectivity index (χ0) is 35.1. The molecule has 6 heteroatoms. The molecule has 0 saturated carbocycles. The Morgan fingerprint density at radius 3 is 2.20 bits per heavy atom. The van der Waals surface area contributed by atoms with Crippen LogP contribution in [0.15, 0.2) is 48.4 Å². The standard InChI is InChI=1S/C21H34N4O.C13H19N.C6H14/c1-8-15(5)18(9-2)19-17(7)22-13-23-20(19)24-10-11-25(16(6)12-24)21(26)14(3)4;1-4-6-7-9-13(11-14)10-12(3)8-5-2;1-3-5-6-4-2/h9,13-16H,8,10-12H2,1-7H3;7,9-10H,3-6,8H2,1-2H3;3-6H2,1-2H3/b18-9-;9-7-,13-10+;. The van der Waals surface area contributed by atoms with Gasteiger partial charge in [-0.25, -0.2) is 9.97 Å². The van der Waals surface area contributed by atoms with E-state index in [1.165, 1.54) is 36.8 Å². The SMILES string of the molecule is C/C=C(\c1c(C)ncnc1N1CCN(C(=O)C(C)C)C(C)C1)C(C)CC.C=C(/C=C(C#N)\C=C/CCC)CCC.CCCCCC. The van der Waals surface area contributed by atoms with Crippen LogP contribution in [0.5, 0.6) is 0 Å². The van der Waals surface area contributed by atoms with Gasteiger partial charge in [0.1, 0.15) is 12.1 Å². The van der Waals surface area contributed by atoms with Crippen LogP contribution in [0.2, 0.25) is 0 Å². The van der Waals surface area contributed by atoms with E-state index in [1.54, 1.807) is 6.33 Å². The van der Waals surface area contributed by atoms with Crippen LogP contribution >= 0.6 is 0 Å². The average Bonchev–Trinajstić information content (AvgIpc) is 3.04. The van der Waals surface area contributed by atoms with E-state index in [-0.39, 0.29) is 17.9 Å². The van der Waals surface area contributed by atoms with Crippen molar-refractivity contribution in [3.05, 3.63) is 59.6 Å². The maximum absolute atomic E-state index is 12.4. The Morgan fingerprint density at radius 2 is 1.72 bits per heavy atom. The van der Waals surface area contributed by atoms with Crippen LogP contribution in [0, 0.1) is 30.1 Å². The summed E-state index contributed by atoms with van der Waals surface area (Å²) < 4.78 is 0. The number of nitriles is 1. The number of amides is 1. The topological polar surface area (TPSA) is 73.1 Å². The summed E-state index contributed by atoms with van der Waals surface area (Å²) in [7, 11) is 0. The minimum atomic E-state index is 0.0425. The molecule has 1 aliphatic heterocycles. The van der Waals surface area contributed by atoms with Gasteiger partial charge in [0.05, 0.1) is 17.3 Å². The van der Waals surface area contributed by atoms with Crippen molar-refractivity contribution in [1.82, 2.24) is 14.9 Å². The van der Waals surface area contributed by atoms with E-state index < -0.39 is 0 Å². The molecule has 0 N–H and O–H groups in total. The van der Waals surface area contributed by atoms with E-state index in [4.69, 9.17) is 5.26 Å². The molecule has 6 nitrogen and oxygen atoms in total. The van der Waals surface area contributed by atoms with E-state index in [9.17, 15) is 4.79 Å². The quantitative estimate of drug-likeness (QED) is 0.116. The number of piperazine rings is 1. The van der Waals surface area contributed by atoms with Crippen LogP contribution in [0.3, 0.4) is 0 Å². The molecule has 1 aliphatic rings. The van der Waals surface area contributed by atoms with Crippen LogP contribution in [-0.4, -0.2) is 46.5 Å². The number of carbonyl (C=O) groups excluding carboxylic acids is 1. The summed E-state index contributed by atoms with van der Waals surface area (Å²) in [6.45, 7) is 29.7.